The molecule has 0 radical (unpaired) electrons. The van der Waals surface area contributed by atoms with Crippen molar-refractivity contribution in [1.29, 1.82) is 0 Å². The molecule has 1 atom stereocenters. The normalized spacial score (nSPS) is 12.9. The lowest BCUT2D eigenvalue weighted by atomic mass is 10.0. The van der Waals surface area contributed by atoms with E-state index in [1.165, 1.54) is 102 Å². The van der Waals surface area contributed by atoms with E-state index in [9.17, 15) is 10.2 Å². The second-order valence-corrected chi connectivity index (χ2v) is 9.99. The lowest BCUT2D eigenvalue weighted by molar-refractivity contribution is -0.962. The van der Waals surface area contributed by atoms with Gasteiger partial charge in [-0.05, 0) is 19.8 Å². The summed E-state index contributed by atoms with van der Waals surface area (Å²) in [6, 6.07) is 11.0. The molecule has 0 aliphatic rings. The summed E-state index contributed by atoms with van der Waals surface area (Å²) >= 11 is 0. The van der Waals surface area contributed by atoms with E-state index in [-0.39, 0.29) is 13.2 Å². The Labute approximate surface area is 199 Å². The molecule has 0 spiro atoms. The van der Waals surface area contributed by atoms with Gasteiger partial charge in [-0.25, -0.2) is 0 Å². The first-order chi connectivity index (χ1) is 15.7. The first-order valence-corrected chi connectivity index (χ1v) is 13.8. The first kappa shape index (κ1) is 29.1. The number of hydrogen-bond donors (Lipinski definition) is 2. The number of nitrogens with zero attached hydrogens (tertiary/aromatic N) is 1. The van der Waals surface area contributed by atoms with Gasteiger partial charge in [0, 0.05) is 5.56 Å². The fourth-order valence-electron chi connectivity index (χ4n) is 5.12. The van der Waals surface area contributed by atoms with Crippen molar-refractivity contribution in [3.63, 3.8) is 0 Å². The van der Waals surface area contributed by atoms with Gasteiger partial charge < -0.3 is 14.7 Å². The second kappa shape index (κ2) is 19.6. The maximum Gasteiger partial charge on any atom is 0.105 e. The van der Waals surface area contributed by atoms with Crippen LogP contribution in [0.5, 0.6) is 0 Å². The molecule has 32 heavy (non-hydrogen) atoms. The second-order valence-electron chi connectivity index (χ2n) is 9.99. The maximum atomic E-state index is 9.75. The summed E-state index contributed by atoms with van der Waals surface area (Å²) in [6.45, 7) is 7.28. The number of hydrogen-bond acceptors (Lipinski definition) is 2. The van der Waals surface area contributed by atoms with Crippen LogP contribution < -0.4 is 0 Å². The van der Waals surface area contributed by atoms with E-state index in [0.29, 0.717) is 6.04 Å². The van der Waals surface area contributed by atoms with E-state index >= 15 is 0 Å². The average Bonchev–Trinajstić information content (AvgIpc) is 2.80. The molecule has 0 fully saturated rings. The van der Waals surface area contributed by atoms with Crippen LogP contribution in [0.4, 0.5) is 0 Å². The summed E-state index contributed by atoms with van der Waals surface area (Å²) in [4.78, 5) is 0. The molecule has 0 aliphatic heterocycles. The van der Waals surface area contributed by atoms with Crippen LogP contribution in [0, 0.1) is 0 Å². The molecule has 0 aliphatic carbocycles. The van der Waals surface area contributed by atoms with Crippen LogP contribution in [-0.2, 0) is 6.54 Å². The fourth-order valence-corrected chi connectivity index (χ4v) is 5.12. The Morgan fingerprint density at radius 2 is 1.09 bits per heavy atom. The van der Waals surface area contributed by atoms with Gasteiger partial charge >= 0.3 is 0 Å². The van der Waals surface area contributed by atoms with E-state index in [1.807, 2.05) is 6.07 Å². The van der Waals surface area contributed by atoms with Gasteiger partial charge in [-0.1, -0.05) is 121 Å². The van der Waals surface area contributed by atoms with Crippen LogP contribution in [0.3, 0.4) is 0 Å². The summed E-state index contributed by atoms with van der Waals surface area (Å²) < 4.78 is 0.787. The summed E-state index contributed by atoms with van der Waals surface area (Å²) in [5.74, 6) is 0. The Bertz CT molecular complexity index is 513. The van der Waals surface area contributed by atoms with Gasteiger partial charge in [-0.2, -0.15) is 0 Å². The minimum absolute atomic E-state index is 0.177. The summed E-state index contributed by atoms with van der Waals surface area (Å²) in [6.07, 6.45) is 20.6. The van der Waals surface area contributed by atoms with Crippen LogP contribution >= 0.6 is 0 Å². The highest BCUT2D eigenvalue weighted by atomic mass is 16.3. The van der Waals surface area contributed by atoms with Crippen LogP contribution in [0.1, 0.15) is 116 Å². The van der Waals surface area contributed by atoms with Crippen molar-refractivity contribution < 1.29 is 14.7 Å². The van der Waals surface area contributed by atoms with Gasteiger partial charge in [0.15, 0.2) is 0 Å². The Morgan fingerprint density at radius 3 is 1.53 bits per heavy atom. The van der Waals surface area contributed by atoms with Crippen LogP contribution in [0.25, 0.3) is 0 Å². The highest BCUT2D eigenvalue weighted by Gasteiger charge is 2.33. The fraction of sp³-hybridized carbons (Fsp3) is 0.793. The van der Waals surface area contributed by atoms with Crippen molar-refractivity contribution in [3.05, 3.63) is 35.9 Å². The van der Waals surface area contributed by atoms with Crippen molar-refractivity contribution >= 4 is 0 Å². The molecule has 0 bridgehead atoms. The molecule has 1 unspecified atom stereocenters. The third-order valence-corrected chi connectivity index (χ3v) is 7.34. The smallest absolute Gasteiger partial charge is 0.105 e. The lowest BCUT2D eigenvalue weighted by Gasteiger charge is -2.43. The van der Waals surface area contributed by atoms with E-state index in [0.717, 1.165) is 24.1 Å². The van der Waals surface area contributed by atoms with Crippen molar-refractivity contribution in [2.75, 3.05) is 26.3 Å². The number of quaternary nitrogens is 1. The molecule has 0 heterocycles. The van der Waals surface area contributed by atoms with Crippen molar-refractivity contribution in [3.8, 4) is 0 Å². The Hall–Kier alpha value is -0.900. The first-order valence-electron chi connectivity index (χ1n) is 13.8. The van der Waals surface area contributed by atoms with Crippen LogP contribution in [-0.4, -0.2) is 47.0 Å². The largest absolute Gasteiger partial charge is 0.391 e. The Balaban J connectivity index is 2.20. The van der Waals surface area contributed by atoms with Crippen molar-refractivity contribution in [2.24, 2.45) is 0 Å². The molecule has 0 saturated heterocycles. The molecule has 3 nitrogen and oxygen atoms in total. The van der Waals surface area contributed by atoms with E-state index in [4.69, 9.17) is 0 Å². The minimum Gasteiger partial charge on any atom is -0.391 e. The van der Waals surface area contributed by atoms with E-state index in [1.54, 1.807) is 0 Å². The van der Waals surface area contributed by atoms with Crippen molar-refractivity contribution in [1.82, 2.24) is 0 Å². The zero-order valence-electron chi connectivity index (χ0n) is 21.4. The van der Waals surface area contributed by atoms with Gasteiger partial charge in [0.2, 0.25) is 0 Å². The van der Waals surface area contributed by atoms with Gasteiger partial charge in [0.1, 0.15) is 19.6 Å². The third kappa shape index (κ3) is 13.0. The number of aliphatic hydroxyl groups excluding tert-OH is 2. The molecular weight excluding hydrogens is 394 g/mol. The molecular formula is C29H54NO2+. The van der Waals surface area contributed by atoms with E-state index < -0.39 is 0 Å². The molecule has 0 saturated carbocycles. The summed E-state index contributed by atoms with van der Waals surface area (Å²) in [5, 5.41) is 19.5. The average molecular weight is 449 g/mol. The minimum atomic E-state index is 0.177. The standard InChI is InChI=1S/C29H54NO2/c1-3-4-5-6-7-8-9-10-11-12-13-14-15-17-20-28(2)30(23-25-31,24-26-32)27-29-21-18-16-19-22-29/h16,18-19,21-22,28,31-32H,3-15,17,20,23-27H2,1-2H3/q+1. The number of unbranched alkanes of at least 4 members (excludes halogenated alkanes) is 13. The topological polar surface area (TPSA) is 40.5 Å². The zero-order chi connectivity index (χ0) is 23.3. The maximum absolute atomic E-state index is 9.75. The van der Waals surface area contributed by atoms with Gasteiger partial charge in [-0.3, -0.25) is 0 Å². The van der Waals surface area contributed by atoms with Gasteiger partial charge in [0.05, 0.1) is 19.3 Å². The quantitative estimate of drug-likeness (QED) is 0.145. The predicted molar refractivity (Wildman–Crippen MR) is 139 cm³/mol. The van der Waals surface area contributed by atoms with Crippen LogP contribution in [0.2, 0.25) is 0 Å². The Kier molecular flexibility index (Phi) is 17.8. The predicted octanol–water partition coefficient (Wildman–Crippen LogP) is 7.25. The number of rotatable bonds is 22. The van der Waals surface area contributed by atoms with Gasteiger partial charge in [0.25, 0.3) is 0 Å². The highest BCUT2D eigenvalue weighted by molar-refractivity contribution is 5.13. The van der Waals surface area contributed by atoms with Gasteiger partial charge in [-0.15, -0.1) is 0 Å². The number of aliphatic hydroxyl groups is 2. The molecule has 186 valence electrons. The van der Waals surface area contributed by atoms with E-state index in [2.05, 4.69) is 38.1 Å². The SMILES string of the molecule is CCCCCCCCCCCCCCCCC(C)[N+](CCO)(CCO)Cc1ccccc1. The molecule has 1 rings (SSSR count). The zero-order valence-corrected chi connectivity index (χ0v) is 21.4. The Morgan fingerprint density at radius 1 is 0.656 bits per heavy atom. The highest BCUT2D eigenvalue weighted by Crippen LogP contribution is 2.24. The molecule has 0 aromatic heterocycles. The van der Waals surface area contributed by atoms with Crippen LogP contribution in [0.15, 0.2) is 30.3 Å². The number of benzene rings is 1. The molecule has 2 N–H and O–H groups in total. The summed E-state index contributed by atoms with van der Waals surface area (Å²) in [7, 11) is 0. The molecule has 0 amide bonds. The van der Waals surface area contributed by atoms with Crippen molar-refractivity contribution in [2.45, 2.75) is 123 Å². The monoisotopic (exact) mass is 448 g/mol. The molecule has 3 heteroatoms. The lowest BCUT2D eigenvalue weighted by Crippen LogP contribution is -2.56. The summed E-state index contributed by atoms with van der Waals surface area (Å²) in [5.41, 5.74) is 1.29. The molecule has 1 aromatic carbocycles. The molecule has 1 aromatic rings. The third-order valence-electron chi connectivity index (χ3n) is 7.34.